The summed E-state index contributed by atoms with van der Waals surface area (Å²) in [6, 6.07) is 0. The minimum Gasteiger partial charge on any atom is -0.463 e. The van der Waals surface area contributed by atoms with Gasteiger partial charge in [0.15, 0.2) is 0 Å². The largest absolute Gasteiger partial charge is 0.463 e. The average molecular weight is 328 g/mol. The van der Waals surface area contributed by atoms with Crippen LogP contribution in [0.2, 0.25) is 0 Å². The first-order chi connectivity index (χ1) is 10.9. The Morgan fingerprint density at radius 2 is 1.48 bits per heavy atom. The average Bonchev–Trinajstić information content (AvgIpc) is 2.49. The molecule has 1 aliphatic carbocycles. The molecule has 0 bridgehead atoms. The number of hydrogen-bond donors (Lipinski definition) is 0. The number of unbranched alkanes of at least 4 members (excludes halogenated alkanes) is 1. The van der Waals surface area contributed by atoms with Gasteiger partial charge in [-0.2, -0.15) is 4.89 Å². The Morgan fingerprint density at radius 3 is 2.00 bits per heavy atom. The van der Waals surface area contributed by atoms with Crippen LogP contribution in [0.1, 0.15) is 72.6 Å². The molecule has 0 heterocycles. The number of rotatable bonds is 9. The van der Waals surface area contributed by atoms with Gasteiger partial charge in [-0.15, -0.1) is 0 Å². The molecular formula is C18H32O5. The SMILES string of the molecule is CC(C)CCCCOOC(=O)C1CCC(C(=O)OC(C)C)CC1. The van der Waals surface area contributed by atoms with Crippen LogP contribution >= 0.6 is 0 Å². The molecule has 1 fully saturated rings. The molecule has 1 aliphatic rings. The summed E-state index contributed by atoms with van der Waals surface area (Å²) in [5.41, 5.74) is 0. The van der Waals surface area contributed by atoms with Gasteiger partial charge >= 0.3 is 11.9 Å². The molecule has 0 atom stereocenters. The van der Waals surface area contributed by atoms with Gasteiger partial charge in [0.2, 0.25) is 0 Å². The van der Waals surface area contributed by atoms with Crippen LogP contribution in [0.25, 0.3) is 0 Å². The summed E-state index contributed by atoms with van der Waals surface area (Å²) in [5.74, 6) is 0.0000398. The molecule has 0 radical (unpaired) electrons. The molecule has 0 aromatic heterocycles. The second-order valence-corrected chi connectivity index (χ2v) is 7.15. The van der Waals surface area contributed by atoms with Crippen molar-refractivity contribution in [1.29, 1.82) is 0 Å². The van der Waals surface area contributed by atoms with Crippen molar-refractivity contribution < 1.29 is 24.1 Å². The predicted octanol–water partition coefficient (Wildman–Crippen LogP) is 4.05. The highest BCUT2D eigenvalue weighted by Crippen LogP contribution is 2.30. The van der Waals surface area contributed by atoms with Crippen LogP contribution in [0.15, 0.2) is 0 Å². The Kier molecular flexibility index (Phi) is 9.22. The third-order valence-corrected chi connectivity index (χ3v) is 4.15. The lowest BCUT2D eigenvalue weighted by Gasteiger charge is -2.26. The van der Waals surface area contributed by atoms with E-state index in [1.54, 1.807) is 0 Å². The molecule has 23 heavy (non-hydrogen) atoms. The van der Waals surface area contributed by atoms with Crippen molar-refractivity contribution in [3.63, 3.8) is 0 Å². The molecule has 5 nitrogen and oxygen atoms in total. The highest BCUT2D eigenvalue weighted by molar-refractivity contribution is 5.75. The highest BCUT2D eigenvalue weighted by Gasteiger charge is 2.32. The maximum absolute atomic E-state index is 11.9. The van der Waals surface area contributed by atoms with Gasteiger partial charge in [-0.1, -0.05) is 26.7 Å². The van der Waals surface area contributed by atoms with Gasteiger partial charge in [0.25, 0.3) is 0 Å². The lowest BCUT2D eigenvalue weighted by molar-refractivity contribution is -0.277. The smallest absolute Gasteiger partial charge is 0.345 e. The monoisotopic (exact) mass is 328 g/mol. The lowest BCUT2D eigenvalue weighted by Crippen LogP contribution is -2.29. The molecule has 134 valence electrons. The number of hydrogen-bond acceptors (Lipinski definition) is 5. The summed E-state index contributed by atoms with van der Waals surface area (Å²) in [7, 11) is 0. The third kappa shape index (κ3) is 8.35. The van der Waals surface area contributed by atoms with Gasteiger partial charge in [0.1, 0.15) is 0 Å². The molecule has 1 rings (SSSR count). The summed E-state index contributed by atoms with van der Waals surface area (Å²) >= 11 is 0. The first kappa shape index (κ1) is 19.9. The molecular weight excluding hydrogens is 296 g/mol. The van der Waals surface area contributed by atoms with Crippen molar-refractivity contribution in [3.8, 4) is 0 Å². The van der Waals surface area contributed by atoms with Crippen LogP contribution in [0.3, 0.4) is 0 Å². The van der Waals surface area contributed by atoms with E-state index in [0.717, 1.165) is 19.3 Å². The normalized spacial score (nSPS) is 21.5. The van der Waals surface area contributed by atoms with Crippen LogP contribution in [0, 0.1) is 17.8 Å². The van der Waals surface area contributed by atoms with Crippen molar-refractivity contribution in [3.05, 3.63) is 0 Å². The van der Waals surface area contributed by atoms with E-state index in [4.69, 9.17) is 14.5 Å². The fraction of sp³-hybridized carbons (Fsp3) is 0.889. The van der Waals surface area contributed by atoms with Gasteiger partial charge in [-0.05, 0) is 51.9 Å². The van der Waals surface area contributed by atoms with E-state index in [9.17, 15) is 9.59 Å². The first-order valence-electron chi connectivity index (χ1n) is 8.94. The fourth-order valence-electron chi connectivity index (χ4n) is 2.77. The molecule has 1 saturated carbocycles. The van der Waals surface area contributed by atoms with Gasteiger partial charge in [-0.3, -0.25) is 9.68 Å². The van der Waals surface area contributed by atoms with Gasteiger partial charge < -0.3 is 4.74 Å². The minimum atomic E-state index is -0.301. The van der Waals surface area contributed by atoms with Gasteiger partial charge in [0.05, 0.1) is 24.5 Å². The van der Waals surface area contributed by atoms with E-state index >= 15 is 0 Å². The summed E-state index contributed by atoms with van der Waals surface area (Å²) in [5, 5.41) is 0. The van der Waals surface area contributed by atoms with Crippen LogP contribution in [-0.2, 0) is 24.1 Å². The van der Waals surface area contributed by atoms with Crippen LogP contribution in [0.4, 0.5) is 0 Å². The summed E-state index contributed by atoms with van der Waals surface area (Å²) in [6.45, 7) is 8.52. The first-order valence-corrected chi connectivity index (χ1v) is 8.94. The van der Waals surface area contributed by atoms with Gasteiger partial charge in [0, 0.05) is 0 Å². The Balaban J connectivity index is 2.14. The number of carbonyl (C=O) groups is 2. The van der Waals surface area contributed by atoms with E-state index in [1.165, 1.54) is 0 Å². The molecule has 0 aromatic rings. The topological polar surface area (TPSA) is 61.8 Å². The molecule has 0 unspecified atom stereocenters. The van der Waals surface area contributed by atoms with Crippen molar-refractivity contribution >= 4 is 11.9 Å². The molecule has 0 aromatic carbocycles. The highest BCUT2D eigenvalue weighted by atomic mass is 17.2. The summed E-state index contributed by atoms with van der Waals surface area (Å²) < 4.78 is 5.22. The molecule has 0 aliphatic heterocycles. The third-order valence-electron chi connectivity index (χ3n) is 4.15. The molecule has 5 heteroatoms. The lowest BCUT2D eigenvalue weighted by atomic mass is 9.82. The van der Waals surface area contributed by atoms with E-state index < -0.39 is 0 Å². The second-order valence-electron chi connectivity index (χ2n) is 7.15. The fourth-order valence-corrected chi connectivity index (χ4v) is 2.77. The molecule has 0 spiro atoms. The van der Waals surface area contributed by atoms with Crippen molar-refractivity contribution in [2.45, 2.75) is 78.7 Å². The van der Waals surface area contributed by atoms with Crippen molar-refractivity contribution in [1.82, 2.24) is 0 Å². The zero-order valence-electron chi connectivity index (χ0n) is 15.0. The van der Waals surface area contributed by atoms with Gasteiger partial charge in [-0.25, -0.2) is 4.79 Å². The van der Waals surface area contributed by atoms with E-state index in [-0.39, 0.29) is 29.9 Å². The standard InChI is InChI=1S/C18H32O5/c1-13(2)7-5-6-12-21-23-18(20)16-10-8-15(9-11-16)17(19)22-14(3)4/h13-16H,5-12H2,1-4H3. The summed E-state index contributed by atoms with van der Waals surface area (Å²) in [4.78, 5) is 33.7. The number of carbonyl (C=O) groups excluding carboxylic acids is 2. The Morgan fingerprint density at radius 1 is 0.913 bits per heavy atom. The van der Waals surface area contributed by atoms with Crippen molar-refractivity contribution in [2.24, 2.45) is 17.8 Å². The van der Waals surface area contributed by atoms with E-state index in [2.05, 4.69) is 13.8 Å². The number of ether oxygens (including phenoxy) is 1. The number of esters is 1. The van der Waals surface area contributed by atoms with Crippen LogP contribution in [0.5, 0.6) is 0 Å². The van der Waals surface area contributed by atoms with Crippen molar-refractivity contribution in [2.75, 3.05) is 6.61 Å². The van der Waals surface area contributed by atoms with Crippen LogP contribution < -0.4 is 0 Å². The zero-order chi connectivity index (χ0) is 17.2. The zero-order valence-corrected chi connectivity index (χ0v) is 15.0. The van der Waals surface area contributed by atoms with E-state index in [0.29, 0.717) is 38.2 Å². The minimum absolute atomic E-state index is 0.0848. The quantitative estimate of drug-likeness (QED) is 0.276. The summed E-state index contributed by atoms with van der Waals surface area (Å²) in [6.07, 6.45) is 5.74. The second kappa shape index (κ2) is 10.6. The maximum Gasteiger partial charge on any atom is 0.345 e. The Bertz CT molecular complexity index is 356. The molecule has 0 amide bonds. The molecule has 0 N–H and O–H groups in total. The van der Waals surface area contributed by atoms with Crippen LogP contribution in [-0.4, -0.2) is 24.6 Å². The molecule has 0 saturated heterocycles. The maximum atomic E-state index is 11.9. The van der Waals surface area contributed by atoms with E-state index in [1.807, 2.05) is 13.8 Å². The predicted molar refractivity (Wildman–Crippen MR) is 87.4 cm³/mol. The Labute approximate surface area is 140 Å². The Hall–Kier alpha value is -1.10.